The largest absolute Gasteiger partial charge is 0.489 e. The zero-order valence-corrected chi connectivity index (χ0v) is 16.3. The normalized spacial score (nSPS) is 18.6. The summed E-state index contributed by atoms with van der Waals surface area (Å²) >= 11 is 0. The summed E-state index contributed by atoms with van der Waals surface area (Å²) < 4.78 is 5.96. The van der Waals surface area contributed by atoms with Crippen molar-refractivity contribution in [2.45, 2.75) is 44.6 Å². The van der Waals surface area contributed by atoms with E-state index in [0.717, 1.165) is 37.5 Å². The Hall–Kier alpha value is -2.63. The van der Waals surface area contributed by atoms with Crippen LogP contribution in [0.25, 0.3) is 0 Å². The predicted octanol–water partition coefficient (Wildman–Crippen LogP) is 3.54. The summed E-state index contributed by atoms with van der Waals surface area (Å²) in [6.45, 7) is 3.53. The first-order valence-electron chi connectivity index (χ1n) is 10.4. The summed E-state index contributed by atoms with van der Waals surface area (Å²) in [6, 6.07) is 7.71. The topological polar surface area (TPSA) is 58.6 Å². The molecule has 2 aromatic rings. The molecular weight excluding hydrogens is 352 g/mol. The highest BCUT2D eigenvalue weighted by atomic mass is 16.5. The molecule has 0 saturated carbocycles. The molecule has 0 aliphatic carbocycles. The van der Waals surface area contributed by atoms with Gasteiger partial charge in [0, 0.05) is 51.4 Å². The zero-order chi connectivity index (χ0) is 19.2. The van der Waals surface area contributed by atoms with Gasteiger partial charge >= 0.3 is 0 Å². The first kappa shape index (κ1) is 18.7. The number of amides is 1. The van der Waals surface area contributed by atoms with E-state index in [9.17, 15) is 4.79 Å². The smallest absolute Gasteiger partial charge is 0.255 e. The van der Waals surface area contributed by atoms with Crippen LogP contribution in [0.3, 0.4) is 0 Å². The SMILES string of the molecule is O=C(c1ccc(N2CCCCCC2)nc1)N1CCC(Oc2cccnc2)CC1. The Morgan fingerprint density at radius 3 is 2.39 bits per heavy atom. The summed E-state index contributed by atoms with van der Waals surface area (Å²) in [6.07, 6.45) is 12.0. The fourth-order valence-electron chi connectivity index (χ4n) is 3.97. The minimum atomic E-state index is 0.0646. The van der Waals surface area contributed by atoms with Gasteiger partial charge in [0.15, 0.2) is 0 Å². The van der Waals surface area contributed by atoms with Crippen LogP contribution in [0.2, 0.25) is 0 Å². The lowest BCUT2D eigenvalue weighted by molar-refractivity contribution is 0.0594. The molecule has 0 atom stereocenters. The quantitative estimate of drug-likeness (QED) is 0.812. The van der Waals surface area contributed by atoms with Crippen LogP contribution in [-0.2, 0) is 0 Å². The molecular formula is C22H28N4O2. The van der Waals surface area contributed by atoms with Crippen molar-refractivity contribution in [3.05, 3.63) is 48.4 Å². The molecule has 2 aliphatic heterocycles. The van der Waals surface area contributed by atoms with Gasteiger partial charge in [-0.3, -0.25) is 9.78 Å². The molecule has 148 valence electrons. The first-order valence-corrected chi connectivity index (χ1v) is 10.4. The van der Waals surface area contributed by atoms with Gasteiger partial charge in [-0.15, -0.1) is 0 Å². The summed E-state index contributed by atoms with van der Waals surface area (Å²) in [5, 5.41) is 0. The molecule has 4 heterocycles. The van der Waals surface area contributed by atoms with E-state index in [1.807, 2.05) is 29.2 Å². The Labute approximate surface area is 166 Å². The lowest BCUT2D eigenvalue weighted by atomic mass is 10.1. The summed E-state index contributed by atoms with van der Waals surface area (Å²) in [5.41, 5.74) is 0.671. The van der Waals surface area contributed by atoms with Gasteiger partial charge in [-0.05, 0) is 37.1 Å². The van der Waals surface area contributed by atoms with E-state index in [1.54, 1.807) is 18.6 Å². The monoisotopic (exact) mass is 380 g/mol. The number of likely N-dealkylation sites (tertiary alicyclic amines) is 1. The number of ether oxygens (including phenoxy) is 1. The molecule has 28 heavy (non-hydrogen) atoms. The minimum Gasteiger partial charge on any atom is -0.489 e. The second-order valence-electron chi connectivity index (χ2n) is 7.60. The van der Waals surface area contributed by atoms with E-state index in [4.69, 9.17) is 4.74 Å². The number of pyridine rings is 2. The Morgan fingerprint density at radius 1 is 0.964 bits per heavy atom. The van der Waals surface area contributed by atoms with Gasteiger partial charge in [0.2, 0.25) is 0 Å². The van der Waals surface area contributed by atoms with Crippen molar-refractivity contribution in [1.82, 2.24) is 14.9 Å². The fraction of sp³-hybridized carbons (Fsp3) is 0.500. The molecule has 6 heteroatoms. The number of piperidine rings is 1. The van der Waals surface area contributed by atoms with Crippen LogP contribution in [0.15, 0.2) is 42.9 Å². The Morgan fingerprint density at radius 2 is 1.75 bits per heavy atom. The number of aromatic nitrogens is 2. The number of anilines is 1. The van der Waals surface area contributed by atoms with Crippen molar-refractivity contribution < 1.29 is 9.53 Å². The van der Waals surface area contributed by atoms with Crippen LogP contribution in [0.5, 0.6) is 5.75 Å². The molecule has 0 spiro atoms. The molecule has 6 nitrogen and oxygen atoms in total. The van der Waals surface area contributed by atoms with Crippen molar-refractivity contribution in [2.24, 2.45) is 0 Å². The standard InChI is InChI=1S/C22H28N4O2/c27-22(18-7-8-21(24-16-18)25-12-3-1-2-4-13-25)26-14-9-19(10-15-26)28-20-6-5-11-23-17-20/h5-8,11,16-17,19H,1-4,9-10,12-15H2. The van der Waals surface area contributed by atoms with Gasteiger partial charge < -0.3 is 14.5 Å². The van der Waals surface area contributed by atoms with Crippen LogP contribution in [0, 0.1) is 0 Å². The van der Waals surface area contributed by atoms with E-state index in [1.165, 1.54) is 25.7 Å². The van der Waals surface area contributed by atoms with Crippen LogP contribution < -0.4 is 9.64 Å². The first-order chi connectivity index (χ1) is 13.8. The average Bonchev–Trinajstić information content (AvgIpc) is 3.04. The highest BCUT2D eigenvalue weighted by molar-refractivity contribution is 5.94. The van der Waals surface area contributed by atoms with E-state index in [2.05, 4.69) is 14.9 Å². The van der Waals surface area contributed by atoms with Crippen LogP contribution in [-0.4, -0.2) is 53.1 Å². The highest BCUT2D eigenvalue weighted by Crippen LogP contribution is 2.21. The second-order valence-corrected chi connectivity index (χ2v) is 7.60. The molecule has 2 fully saturated rings. The van der Waals surface area contributed by atoms with Crippen molar-refractivity contribution >= 4 is 11.7 Å². The molecule has 0 radical (unpaired) electrons. The maximum absolute atomic E-state index is 12.8. The van der Waals surface area contributed by atoms with Crippen molar-refractivity contribution in [3.8, 4) is 5.75 Å². The molecule has 4 rings (SSSR count). The van der Waals surface area contributed by atoms with E-state index in [0.29, 0.717) is 18.7 Å². The molecule has 0 N–H and O–H groups in total. The second kappa shape index (κ2) is 9.04. The molecule has 2 aliphatic rings. The van der Waals surface area contributed by atoms with Crippen molar-refractivity contribution in [1.29, 1.82) is 0 Å². The molecule has 0 aromatic carbocycles. The summed E-state index contributed by atoms with van der Waals surface area (Å²) in [5.74, 6) is 1.84. The molecule has 2 saturated heterocycles. The zero-order valence-electron chi connectivity index (χ0n) is 16.3. The van der Waals surface area contributed by atoms with Crippen molar-refractivity contribution in [3.63, 3.8) is 0 Å². The van der Waals surface area contributed by atoms with Crippen LogP contribution in [0.4, 0.5) is 5.82 Å². The lowest BCUT2D eigenvalue weighted by Gasteiger charge is -2.32. The van der Waals surface area contributed by atoms with Gasteiger partial charge in [0.1, 0.15) is 17.7 Å². The van der Waals surface area contributed by atoms with Crippen LogP contribution in [0.1, 0.15) is 48.9 Å². The lowest BCUT2D eigenvalue weighted by Crippen LogP contribution is -2.41. The maximum Gasteiger partial charge on any atom is 0.255 e. The number of hydrogen-bond donors (Lipinski definition) is 0. The number of rotatable bonds is 4. The Balaban J connectivity index is 1.31. The predicted molar refractivity (Wildman–Crippen MR) is 109 cm³/mol. The van der Waals surface area contributed by atoms with E-state index in [-0.39, 0.29) is 12.0 Å². The molecule has 0 unspecified atom stereocenters. The summed E-state index contributed by atoms with van der Waals surface area (Å²) in [7, 11) is 0. The highest BCUT2D eigenvalue weighted by Gasteiger charge is 2.25. The van der Waals surface area contributed by atoms with Crippen molar-refractivity contribution in [2.75, 3.05) is 31.1 Å². The van der Waals surface area contributed by atoms with E-state index >= 15 is 0 Å². The van der Waals surface area contributed by atoms with E-state index < -0.39 is 0 Å². The van der Waals surface area contributed by atoms with Gasteiger partial charge in [-0.2, -0.15) is 0 Å². The van der Waals surface area contributed by atoms with Gasteiger partial charge in [-0.25, -0.2) is 4.98 Å². The van der Waals surface area contributed by atoms with Crippen LogP contribution >= 0.6 is 0 Å². The third kappa shape index (κ3) is 4.61. The fourth-order valence-corrected chi connectivity index (χ4v) is 3.97. The summed E-state index contributed by atoms with van der Waals surface area (Å²) in [4.78, 5) is 25.7. The average molecular weight is 380 g/mol. The van der Waals surface area contributed by atoms with Gasteiger partial charge in [0.05, 0.1) is 11.8 Å². The maximum atomic E-state index is 12.8. The number of carbonyl (C=O) groups excluding carboxylic acids is 1. The molecule has 1 amide bonds. The van der Waals surface area contributed by atoms with Gasteiger partial charge in [0.25, 0.3) is 5.91 Å². The third-order valence-corrected chi connectivity index (χ3v) is 5.59. The number of hydrogen-bond acceptors (Lipinski definition) is 5. The Kier molecular flexibility index (Phi) is 6.04. The Bertz CT molecular complexity index is 750. The molecule has 2 aromatic heterocycles. The minimum absolute atomic E-state index is 0.0646. The number of carbonyl (C=O) groups is 1. The third-order valence-electron chi connectivity index (χ3n) is 5.59. The molecule has 0 bridgehead atoms. The van der Waals surface area contributed by atoms with Gasteiger partial charge in [-0.1, -0.05) is 12.8 Å². The number of nitrogens with zero attached hydrogens (tertiary/aromatic N) is 4.